The lowest BCUT2D eigenvalue weighted by molar-refractivity contribution is -0.271. The molecule has 0 saturated carbocycles. The van der Waals surface area contributed by atoms with Crippen LogP contribution in [0.1, 0.15) is 0 Å². The highest BCUT2D eigenvalue weighted by Gasteiger charge is 2.48. The summed E-state index contributed by atoms with van der Waals surface area (Å²) in [4.78, 5) is 22.5. The molecule has 0 amide bonds. The molecule has 0 radical (unpaired) electrons. The van der Waals surface area contributed by atoms with Crippen molar-refractivity contribution < 1.29 is 43.8 Å². The maximum atomic E-state index is 11.4. The van der Waals surface area contributed by atoms with E-state index in [9.17, 15) is 24.9 Å². The fourth-order valence-corrected chi connectivity index (χ4v) is 2.60. The van der Waals surface area contributed by atoms with Gasteiger partial charge >= 0.3 is 11.6 Å². The lowest BCUT2D eigenvalue weighted by atomic mass is 9.99. The summed E-state index contributed by atoms with van der Waals surface area (Å²) >= 11 is 0. The van der Waals surface area contributed by atoms with E-state index < -0.39 is 42.3 Å². The molecule has 10 nitrogen and oxygen atoms in total. The van der Waals surface area contributed by atoms with Crippen molar-refractivity contribution in [2.45, 2.75) is 30.7 Å². The molecule has 1 aromatic carbocycles. The van der Waals surface area contributed by atoms with E-state index in [2.05, 4.69) is 0 Å². The number of carboxylic acid groups (broad SMARTS) is 1. The van der Waals surface area contributed by atoms with E-state index in [1.165, 1.54) is 31.4 Å². The summed E-state index contributed by atoms with van der Waals surface area (Å²) in [5, 5.41) is 39.1. The lowest BCUT2D eigenvalue weighted by Gasteiger charge is -2.38. The number of ether oxygens (including phenoxy) is 3. The van der Waals surface area contributed by atoms with Gasteiger partial charge in [-0.15, -0.1) is 0 Å². The van der Waals surface area contributed by atoms with Gasteiger partial charge in [-0.2, -0.15) is 0 Å². The number of hydrogen-bond donors (Lipinski definition) is 4. The molecule has 140 valence electrons. The van der Waals surface area contributed by atoms with Crippen molar-refractivity contribution in [2.24, 2.45) is 0 Å². The van der Waals surface area contributed by atoms with Gasteiger partial charge in [-0.3, -0.25) is 0 Å². The Labute approximate surface area is 145 Å². The molecule has 4 N–H and O–H groups in total. The van der Waals surface area contributed by atoms with Crippen molar-refractivity contribution in [1.29, 1.82) is 0 Å². The van der Waals surface area contributed by atoms with E-state index in [1.54, 1.807) is 0 Å². The summed E-state index contributed by atoms with van der Waals surface area (Å²) in [6, 6.07) is 5.55. The van der Waals surface area contributed by atoms with Crippen molar-refractivity contribution in [3.63, 3.8) is 0 Å². The fourth-order valence-electron chi connectivity index (χ4n) is 2.60. The summed E-state index contributed by atoms with van der Waals surface area (Å²) in [5.74, 6) is -1.37. The average molecular weight is 368 g/mol. The molecule has 1 aromatic heterocycles. The quantitative estimate of drug-likeness (QED) is 0.497. The minimum Gasteiger partial charge on any atom is -0.493 e. The first-order chi connectivity index (χ1) is 12.3. The van der Waals surface area contributed by atoms with Crippen LogP contribution in [0.3, 0.4) is 0 Å². The summed E-state index contributed by atoms with van der Waals surface area (Å²) < 4.78 is 20.7. The van der Waals surface area contributed by atoms with Crippen LogP contribution in [0.15, 0.2) is 33.5 Å². The third-order valence-electron chi connectivity index (χ3n) is 3.96. The molecule has 0 aliphatic carbocycles. The van der Waals surface area contributed by atoms with Gasteiger partial charge < -0.3 is 39.1 Å². The zero-order valence-electron chi connectivity index (χ0n) is 13.4. The summed E-state index contributed by atoms with van der Waals surface area (Å²) in [7, 11) is 1.35. The molecule has 26 heavy (non-hydrogen) atoms. The lowest BCUT2D eigenvalue weighted by Crippen LogP contribution is -2.61. The topological polar surface area (TPSA) is 156 Å². The van der Waals surface area contributed by atoms with Crippen LogP contribution in [-0.2, 0) is 9.53 Å². The van der Waals surface area contributed by atoms with Crippen molar-refractivity contribution in [1.82, 2.24) is 0 Å². The highest BCUT2D eigenvalue weighted by atomic mass is 16.7. The SMILES string of the molecule is COc1cc2ccc(=O)oc2cc1O[C@@H]1OC(C(=O)O)[C@@H](O)[C@H](O)[C@@H]1O. The zero-order chi connectivity index (χ0) is 19.0. The average Bonchev–Trinajstić information content (AvgIpc) is 2.61. The van der Waals surface area contributed by atoms with E-state index in [-0.39, 0.29) is 17.1 Å². The fraction of sp³-hybridized carbons (Fsp3) is 0.375. The van der Waals surface area contributed by atoms with Crippen LogP contribution in [0.2, 0.25) is 0 Å². The predicted molar refractivity (Wildman–Crippen MR) is 84.0 cm³/mol. The third-order valence-corrected chi connectivity index (χ3v) is 3.96. The largest absolute Gasteiger partial charge is 0.493 e. The van der Waals surface area contributed by atoms with Crippen molar-refractivity contribution in [3.8, 4) is 11.5 Å². The highest BCUT2D eigenvalue weighted by molar-refractivity contribution is 5.80. The molecule has 2 aromatic rings. The van der Waals surface area contributed by atoms with E-state index in [1.807, 2.05) is 0 Å². The minimum absolute atomic E-state index is 0.0221. The van der Waals surface area contributed by atoms with Crippen molar-refractivity contribution >= 4 is 16.9 Å². The Kier molecular flexibility index (Phi) is 4.83. The van der Waals surface area contributed by atoms with Crippen molar-refractivity contribution in [2.75, 3.05) is 7.11 Å². The van der Waals surface area contributed by atoms with Crippen LogP contribution in [0, 0.1) is 0 Å². The second-order valence-corrected chi connectivity index (χ2v) is 5.65. The van der Waals surface area contributed by atoms with Crippen molar-refractivity contribution in [3.05, 3.63) is 34.7 Å². The number of carboxylic acids is 1. The highest BCUT2D eigenvalue weighted by Crippen LogP contribution is 2.34. The third kappa shape index (κ3) is 3.22. The zero-order valence-corrected chi connectivity index (χ0v) is 13.4. The van der Waals surface area contributed by atoms with Gasteiger partial charge in [-0.05, 0) is 12.1 Å². The van der Waals surface area contributed by atoms with Crippen LogP contribution >= 0.6 is 0 Å². The Balaban J connectivity index is 1.96. The number of aliphatic carboxylic acids is 1. The molecule has 5 atom stereocenters. The molecule has 1 unspecified atom stereocenters. The number of hydrogen-bond acceptors (Lipinski definition) is 9. The Morgan fingerprint density at radius 3 is 2.46 bits per heavy atom. The molecule has 2 heterocycles. The molecule has 0 bridgehead atoms. The Bertz CT molecular complexity index is 875. The number of methoxy groups -OCH3 is 1. The molecule has 10 heteroatoms. The first kappa shape index (κ1) is 18.1. The first-order valence-electron chi connectivity index (χ1n) is 7.53. The molecule has 1 fully saturated rings. The van der Waals surface area contributed by atoms with E-state index in [4.69, 9.17) is 23.7 Å². The Morgan fingerprint density at radius 1 is 1.08 bits per heavy atom. The summed E-state index contributed by atoms with van der Waals surface area (Å²) in [6.45, 7) is 0. The molecule has 0 spiro atoms. The predicted octanol–water partition coefficient (Wildman–Crippen LogP) is -0.927. The van der Waals surface area contributed by atoms with Crippen LogP contribution in [-0.4, -0.2) is 64.2 Å². The Hall–Kier alpha value is -2.66. The second-order valence-electron chi connectivity index (χ2n) is 5.65. The van der Waals surface area contributed by atoms with Gasteiger partial charge in [0.15, 0.2) is 17.6 Å². The van der Waals surface area contributed by atoms with Crippen LogP contribution in [0.25, 0.3) is 11.0 Å². The normalized spacial score (nSPS) is 28.7. The molecular formula is C16H16O10. The monoisotopic (exact) mass is 368 g/mol. The maximum Gasteiger partial charge on any atom is 0.336 e. The van der Waals surface area contributed by atoms with Gasteiger partial charge in [-0.25, -0.2) is 9.59 Å². The molecule has 1 aliphatic rings. The van der Waals surface area contributed by atoms with Gasteiger partial charge in [0, 0.05) is 17.5 Å². The number of fused-ring (bicyclic) bond motifs is 1. The number of benzene rings is 1. The standard InChI is InChI=1S/C16H16O10/c1-23-8-4-6-2-3-10(17)24-7(6)5-9(8)25-16-13(20)11(18)12(19)14(26-16)15(21)22/h2-5,11-14,16,18-20H,1H3,(H,21,22)/t11-,12-,13-,14?,16+/m0/s1. The van der Waals surface area contributed by atoms with Crippen LogP contribution in [0.4, 0.5) is 0 Å². The molecular weight excluding hydrogens is 352 g/mol. The molecule has 3 rings (SSSR count). The number of rotatable bonds is 4. The van der Waals surface area contributed by atoms with E-state index in [0.29, 0.717) is 5.39 Å². The summed E-state index contributed by atoms with van der Waals surface area (Å²) in [5.41, 5.74) is -0.430. The molecule has 1 saturated heterocycles. The van der Waals surface area contributed by atoms with Gasteiger partial charge in [0.05, 0.1) is 7.11 Å². The molecule has 1 aliphatic heterocycles. The van der Waals surface area contributed by atoms with Gasteiger partial charge in [0.2, 0.25) is 6.29 Å². The second kappa shape index (κ2) is 6.92. The van der Waals surface area contributed by atoms with Gasteiger partial charge in [-0.1, -0.05) is 0 Å². The maximum absolute atomic E-state index is 11.4. The van der Waals surface area contributed by atoms with E-state index >= 15 is 0 Å². The van der Waals surface area contributed by atoms with E-state index in [0.717, 1.165) is 0 Å². The summed E-state index contributed by atoms with van der Waals surface area (Å²) in [6.07, 6.45) is -8.79. The number of carbonyl (C=O) groups is 1. The number of aliphatic hydroxyl groups is 3. The smallest absolute Gasteiger partial charge is 0.336 e. The van der Waals surface area contributed by atoms with Crippen LogP contribution < -0.4 is 15.1 Å². The van der Waals surface area contributed by atoms with Gasteiger partial charge in [0.25, 0.3) is 0 Å². The Morgan fingerprint density at radius 2 is 1.81 bits per heavy atom. The number of aliphatic hydroxyl groups excluding tert-OH is 3. The van der Waals surface area contributed by atoms with Gasteiger partial charge in [0.1, 0.15) is 23.9 Å². The first-order valence-corrected chi connectivity index (χ1v) is 7.53. The minimum atomic E-state index is -1.83. The van der Waals surface area contributed by atoms with Crippen LogP contribution in [0.5, 0.6) is 11.5 Å².